The van der Waals surface area contributed by atoms with Gasteiger partial charge >= 0.3 is 0 Å². The van der Waals surface area contributed by atoms with Crippen LogP contribution in [-0.4, -0.2) is 0 Å². The van der Waals surface area contributed by atoms with Gasteiger partial charge in [-0.3, -0.25) is 0 Å². The Balaban J connectivity index is 1.55. The van der Waals surface area contributed by atoms with Gasteiger partial charge in [-0.15, -0.1) is 9.24 Å². The van der Waals surface area contributed by atoms with Crippen LogP contribution in [0.2, 0.25) is 0 Å². The molecular formula is C28H35P. The maximum Gasteiger partial charge on any atom is -0.0128 e. The topological polar surface area (TPSA) is 0 Å². The molecule has 1 atom stereocenters. The Morgan fingerprint density at radius 2 is 1.28 bits per heavy atom. The lowest BCUT2D eigenvalue weighted by Gasteiger charge is -2.45. The fraction of sp³-hybridized carbons (Fsp3) is 0.429. The summed E-state index contributed by atoms with van der Waals surface area (Å²) in [4.78, 5) is 0. The second-order valence-electron chi connectivity index (χ2n) is 10.8. The van der Waals surface area contributed by atoms with Gasteiger partial charge in [0.15, 0.2) is 0 Å². The fourth-order valence-corrected chi connectivity index (χ4v) is 6.26. The molecule has 1 heteroatoms. The van der Waals surface area contributed by atoms with Crippen LogP contribution in [0.15, 0.2) is 60.7 Å². The molecule has 0 amide bonds. The number of hydrogen-bond acceptors (Lipinski definition) is 0. The molecule has 4 rings (SSSR count). The van der Waals surface area contributed by atoms with E-state index < -0.39 is 0 Å². The Hall–Kier alpha value is -1.65. The van der Waals surface area contributed by atoms with Crippen LogP contribution in [0.1, 0.15) is 58.1 Å². The lowest BCUT2D eigenvalue weighted by molar-refractivity contribution is 0.0678. The molecule has 0 aliphatic heterocycles. The zero-order chi connectivity index (χ0) is 20.6. The van der Waals surface area contributed by atoms with Crippen molar-refractivity contribution in [1.29, 1.82) is 0 Å². The summed E-state index contributed by atoms with van der Waals surface area (Å²) >= 11 is 0. The number of rotatable bonds is 4. The summed E-state index contributed by atoms with van der Waals surface area (Å²) in [6.45, 7) is 9.81. The minimum Gasteiger partial charge on any atom is -0.133 e. The zero-order valence-corrected chi connectivity index (χ0v) is 19.6. The minimum absolute atomic E-state index is 0.462. The molecule has 0 spiro atoms. The van der Waals surface area contributed by atoms with Gasteiger partial charge in [0.2, 0.25) is 0 Å². The molecule has 0 bridgehead atoms. The maximum absolute atomic E-state index is 2.79. The van der Waals surface area contributed by atoms with Gasteiger partial charge in [0.1, 0.15) is 0 Å². The van der Waals surface area contributed by atoms with E-state index in [1.54, 1.807) is 0 Å². The van der Waals surface area contributed by atoms with Gasteiger partial charge in [-0.05, 0) is 87.7 Å². The molecule has 152 valence electrons. The van der Waals surface area contributed by atoms with Crippen LogP contribution in [0, 0.1) is 16.7 Å². The lowest BCUT2D eigenvalue weighted by Crippen LogP contribution is -2.34. The fourth-order valence-electron chi connectivity index (χ4n) is 5.99. The first-order valence-corrected chi connectivity index (χ1v) is 11.9. The first kappa shape index (κ1) is 20.6. The van der Waals surface area contributed by atoms with E-state index in [4.69, 9.17) is 0 Å². The average Bonchev–Trinajstić information content (AvgIpc) is 2.65. The van der Waals surface area contributed by atoms with Gasteiger partial charge in [0.05, 0.1) is 0 Å². The van der Waals surface area contributed by atoms with Crippen molar-refractivity contribution in [2.45, 2.75) is 59.5 Å². The van der Waals surface area contributed by atoms with Crippen molar-refractivity contribution in [3.63, 3.8) is 0 Å². The van der Waals surface area contributed by atoms with Gasteiger partial charge in [-0.2, -0.15) is 0 Å². The van der Waals surface area contributed by atoms with Gasteiger partial charge in [-0.25, -0.2) is 0 Å². The van der Waals surface area contributed by atoms with Crippen LogP contribution in [0.25, 0.3) is 21.9 Å². The van der Waals surface area contributed by atoms with Crippen molar-refractivity contribution in [3.8, 4) is 11.1 Å². The van der Waals surface area contributed by atoms with Crippen LogP contribution in [0.3, 0.4) is 0 Å². The Morgan fingerprint density at radius 1 is 0.724 bits per heavy atom. The molecular weight excluding hydrogens is 367 g/mol. The predicted octanol–water partition coefficient (Wildman–Crippen LogP) is 8.28. The van der Waals surface area contributed by atoms with Gasteiger partial charge < -0.3 is 0 Å². The van der Waals surface area contributed by atoms with Crippen molar-refractivity contribution in [1.82, 2.24) is 0 Å². The first-order valence-electron chi connectivity index (χ1n) is 11.1. The molecule has 29 heavy (non-hydrogen) atoms. The van der Waals surface area contributed by atoms with Crippen LogP contribution in [-0.2, 0) is 12.6 Å². The Morgan fingerprint density at radius 3 is 1.93 bits per heavy atom. The van der Waals surface area contributed by atoms with E-state index in [9.17, 15) is 0 Å². The third-order valence-corrected chi connectivity index (χ3v) is 7.06. The van der Waals surface area contributed by atoms with Crippen molar-refractivity contribution < 1.29 is 0 Å². The molecule has 1 aliphatic carbocycles. The second-order valence-corrected chi connectivity index (χ2v) is 11.2. The van der Waals surface area contributed by atoms with Crippen molar-refractivity contribution in [3.05, 3.63) is 71.8 Å². The summed E-state index contributed by atoms with van der Waals surface area (Å²) < 4.78 is 0. The quantitative estimate of drug-likeness (QED) is 0.385. The first-order chi connectivity index (χ1) is 13.7. The molecule has 0 saturated heterocycles. The Labute approximate surface area is 179 Å². The summed E-state index contributed by atoms with van der Waals surface area (Å²) in [6.07, 6.45) is 6.26. The van der Waals surface area contributed by atoms with Crippen LogP contribution >= 0.6 is 9.24 Å². The minimum atomic E-state index is 0.462. The largest absolute Gasteiger partial charge is 0.133 e. The molecule has 0 aromatic heterocycles. The highest BCUT2D eigenvalue weighted by Gasteiger charge is 2.38. The molecule has 1 aliphatic rings. The van der Waals surface area contributed by atoms with Gasteiger partial charge in [0.25, 0.3) is 0 Å². The van der Waals surface area contributed by atoms with E-state index in [2.05, 4.69) is 97.6 Å². The molecule has 1 saturated carbocycles. The highest BCUT2D eigenvalue weighted by atomic mass is 31.0. The number of fused-ring (bicyclic) bond motifs is 1. The molecule has 0 heterocycles. The number of hydrogen-bond donors (Lipinski definition) is 0. The zero-order valence-electron chi connectivity index (χ0n) is 18.5. The standard InChI is InChI=1S/C28H35P/c1-27(2)16-22(17-28(3,4)19-27)13-21-7-10-26-15-25(12-11-24(26)14-21)23-8-5-20(18-29)6-9-23/h5-12,14-15,22H,13,16-19,29H2,1-4H3. The molecule has 0 nitrogen and oxygen atoms in total. The van der Waals surface area contributed by atoms with E-state index >= 15 is 0 Å². The molecule has 1 fully saturated rings. The third-order valence-electron chi connectivity index (χ3n) is 6.59. The van der Waals surface area contributed by atoms with Gasteiger partial charge in [-0.1, -0.05) is 82.3 Å². The number of benzene rings is 3. The Kier molecular flexibility index (Phi) is 5.60. The monoisotopic (exact) mass is 402 g/mol. The summed E-state index contributed by atoms with van der Waals surface area (Å²) in [5.74, 6) is 0.792. The van der Waals surface area contributed by atoms with Crippen molar-refractivity contribution in [2.75, 3.05) is 0 Å². The second kappa shape index (κ2) is 7.88. The summed E-state index contributed by atoms with van der Waals surface area (Å²) in [6, 6.07) is 22.9. The summed E-state index contributed by atoms with van der Waals surface area (Å²) in [7, 11) is 2.79. The molecule has 0 radical (unpaired) electrons. The smallest absolute Gasteiger partial charge is 0.0128 e. The lowest BCUT2D eigenvalue weighted by atomic mass is 9.60. The van der Waals surface area contributed by atoms with Crippen molar-refractivity contribution in [2.24, 2.45) is 16.7 Å². The molecule has 1 unspecified atom stereocenters. The highest BCUT2D eigenvalue weighted by Crippen LogP contribution is 2.49. The summed E-state index contributed by atoms with van der Waals surface area (Å²) in [5, 5.41) is 2.70. The highest BCUT2D eigenvalue weighted by molar-refractivity contribution is 7.15. The van der Waals surface area contributed by atoms with E-state index in [0.29, 0.717) is 10.8 Å². The molecule has 3 aromatic carbocycles. The van der Waals surface area contributed by atoms with Gasteiger partial charge in [0, 0.05) is 0 Å². The SMILES string of the molecule is CC1(C)CC(Cc2ccc3cc(-c4ccc(CP)cc4)ccc3c2)CC(C)(C)C1. The summed E-state index contributed by atoms with van der Waals surface area (Å²) in [5.41, 5.74) is 6.38. The average molecular weight is 403 g/mol. The molecule has 0 N–H and O–H groups in total. The third kappa shape index (κ3) is 4.92. The maximum atomic E-state index is 2.79. The van der Waals surface area contributed by atoms with Crippen molar-refractivity contribution >= 4 is 20.0 Å². The van der Waals surface area contributed by atoms with E-state index in [-0.39, 0.29) is 0 Å². The van der Waals surface area contributed by atoms with E-state index in [0.717, 1.165) is 12.1 Å². The van der Waals surface area contributed by atoms with Crippen LogP contribution < -0.4 is 0 Å². The van der Waals surface area contributed by atoms with Crippen LogP contribution in [0.5, 0.6) is 0 Å². The van der Waals surface area contributed by atoms with Crippen LogP contribution in [0.4, 0.5) is 0 Å². The van der Waals surface area contributed by atoms with E-state index in [1.165, 1.54) is 58.7 Å². The molecule has 3 aromatic rings. The van der Waals surface area contributed by atoms with E-state index in [1.807, 2.05) is 0 Å². The normalized spacial score (nSPS) is 18.8. The predicted molar refractivity (Wildman–Crippen MR) is 131 cm³/mol. The Bertz CT molecular complexity index is 979.